The number of aryl methyl sites for hydroxylation is 2. The van der Waals surface area contributed by atoms with Crippen LogP contribution < -0.4 is 0 Å². The third kappa shape index (κ3) is 24.1. The van der Waals surface area contributed by atoms with E-state index in [1.165, 1.54) is 22.3 Å². The fraction of sp³-hybridized carbons (Fsp3) is 0.762. The van der Waals surface area contributed by atoms with Gasteiger partial charge in [0.05, 0.1) is 0 Å². The second-order valence-electron chi connectivity index (χ2n) is 5.33. The Labute approximate surface area is 178 Å². The molecule has 0 atom stereocenters. The fourth-order valence-electron chi connectivity index (χ4n) is 1.80. The summed E-state index contributed by atoms with van der Waals surface area (Å²) in [4.78, 5) is 0. The van der Waals surface area contributed by atoms with E-state index in [0.29, 0.717) is 0 Å². The summed E-state index contributed by atoms with van der Waals surface area (Å²) in [5.41, 5.74) is 5.75. The van der Waals surface area contributed by atoms with E-state index >= 15 is 0 Å². The van der Waals surface area contributed by atoms with Gasteiger partial charge in [-0.3, -0.25) is 0 Å². The van der Waals surface area contributed by atoms with Crippen LogP contribution in [-0.4, -0.2) is 39.3 Å². The summed E-state index contributed by atoms with van der Waals surface area (Å²) in [5, 5.41) is 11.9. The number of hydrogen-bond donors (Lipinski definition) is 0. The van der Waals surface area contributed by atoms with Crippen molar-refractivity contribution in [3.63, 3.8) is 0 Å². The maximum absolute atomic E-state index is 3.97. The van der Waals surface area contributed by atoms with Crippen LogP contribution in [0.5, 0.6) is 0 Å². The van der Waals surface area contributed by atoms with Gasteiger partial charge < -0.3 is 16.0 Å². The predicted octanol–water partition coefficient (Wildman–Crippen LogP) is 6.84. The monoisotopic (exact) mass is 427 g/mol. The second-order valence-corrected chi connectivity index (χ2v) is 5.33. The molecule has 0 unspecified atom stereocenters. The molecule has 0 fully saturated rings. The van der Waals surface area contributed by atoms with E-state index < -0.39 is 0 Å². The first-order valence-electron chi connectivity index (χ1n) is 9.47. The van der Waals surface area contributed by atoms with Gasteiger partial charge in [-0.15, -0.1) is 0 Å². The molecule has 0 aromatic heterocycles. The molecule has 3 nitrogen and oxygen atoms in total. The summed E-state index contributed by atoms with van der Waals surface area (Å²) < 4.78 is 0. The molecule has 0 aliphatic carbocycles. The molecule has 25 heavy (non-hydrogen) atoms. The zero-order valence-electron chi connectivity index (χ0n) is 18.7. The van der Waals surface area contributed by atoms with Crippen molar-refractivity contribution in [1.82, 2.24) is 0 Å². The van der Waals surface area contributed by atoms with Crippen LogP contribution in [-0.2, 0) is 26.2 Å². The quantitative estimate of drug-likeness (QED) is 0.445. The van der Waals surface area contributed by atoms with Crippen molar-refractivity contribution in [2.75, 3.05) is 39.3 Å². The van der Waals surface area contributed by atoms with Gasteiger partial charge in [0.15, 0.2) is 0 Å². The van der Waals surface area contributed by atoms with Crippen LogP contribution in [0.15, 0.2) is 6.07 Å². The normalized spacial score (nSPS) is 8.72. The fourth-order valence-corrected chi connectivity index (χ4v) is 1.80. The molecule has 0 amide bonds. The van der Waals surface area contributed by atoms with E-state index in [1.807, 2.05) is 41.5 Å². The summed E-state index contributed by atoms with van der Waals surface area (Å²) in [6, 6.07) is 2.24. The molecule has 146 valence electrons. The van der Waals surface area contributed by atoms with E-state index in [2.05, 4.69) is 49.7 Å². The van der Waals surface area contributed by atoms with Crippen LogP contribution in [0.3, 0.4) is 0 Å². The summed E-state index contributed by atoms with van der Waals surface area (Å²) in [7, 11) is 0. The van der Waals surface area contributed by atoms with Crippen molar-refractivity contribution in [2.24, 2.45) is 0 Å². The third-order valence-electron chi connectivity index (χ3n) is 3.52. The van der Waals surface area contributed by atoms with Crippen molar-refractivity contribution in [2.45, 2.75) is 69.2 Å². The molecule has 0 saturated heterocycles. The van der Waals surface area contributed by atoms with Gasteiger partial charge in [-0.25, -0.2) is 0 Å². The van der Waals surface area contributed by atoms with E-state index in [9.17, 15) is 0 Å². The van der Waals surface area contributed by atoms with Crippen LogP contribution in [0.25, 0.3) is 16.0 Å². The van der Waals surface area contributed by atoms with Crippen molar-refractivity contribution in [1.29, 1.82) is 0 Å². The summed E-state index contributed by atoms with van der Waals surface area (Å²) in [6.07, 6.45) is 0. The minimum absolute atomic E-state index is 0. The summed E-state index contributed by atoms with van der Waals surface area (Å²) >= 11 is 0. The Morgan fingerprint density at radius 3 is 1.00 bits per heavy atom. The Balaban J connectivity index is -0.000000122. The molecule has 0 N–H and O–H groups in total. The Hall–Kier alpha value is 0.113. The molecule has 0 bridgehead atoms. The Kier molecular flexibility index (Phi) is 34.5. The van der Waals surface area contributed by atoms with Crippen LogP contribution in [0.1, 0.15) is 63.8 Å². The van der Waals surface area contributed by atoms with Gasteiger partial charge in [-0.2, -0.15) is 67.6 Å². The van der Waals surface area contributed by atoms with Crippen LogP contribution in [0.2, 0.25) is 0 Å². The molecule has 1 aromatic rings. The van der Waals surface area contributed by atoms with Crippen molar-refractivity contribution in [3.05, 3.63) is 44.3 Å². The molecule has 0 saturated carbocycles. The van der Waals surface area contributed by atoms with Crippen LogP contribution >= 0.6 is 0 Å². The average Bonchev–Trinajstić information content (AvgIpc) is 2.78. The predicted molar refractivity (Wildman–Crippen MR) is 114 cm³/mol. The first-order valence-corrected chi connectivity index (χ1v) is 9.47. The number of nitrogens with zero attached hydrogens (tertiary/aromatic N) is 3. The molecule has 1 aromatic carbocycles. The third-order valence-corrected chi connectivity index (χ3v) is 3.52. The van der Waals surface area contributed by atoms with Gasteiger partial charge >= 0.3 is 26.2 Å². The van der Waals surface area contributed by atoms with E-state index in [0.717, 1.165) is 39.3 Å². The minimum atomic E-state index is 0. The zero-order valence-corrected chi connectivity index (χ0v) is 21.1. The molecule has 4 heteroatoms. The Morgan fingerprint density at radius 1 is 0.680 bits per heavy atom. The topological polar surface area (TPSA) is 42.3 Å². The van der Waals surface area contributed by atoms with Crippen molar-refractivity contribution >= 4 is 0 Å². The van der Waals surface area contributed by atoms with Crippen LogP contribution in [0, 0.1) is 27.7 Å². The van der Waals surface area contributed by atoms with Gasteiger partial charge in [0, 0.05) is 0 Å². The number of rotatable bonds is 6. The molecule has 0 heterocycles. The molecule has 0 spiro atoms. The van der Waals surface area contributed by atoms with Crippen LogP contribution in [0.4, 0.5) is 0 Å². The SMILES string of the molecule is CC[N-]CC.CC[N-]CC.CC[N-]CC.Cc1c[c-](C)c(C)c1C.[Zr+4]. The van der Waals surface area contributed by atoms with Crippen molar-refractivity contribution in [3.8, 4) is 0 Å². The molecular weight excluding hydrogens is 385 g/mol. The standard InChI is InChI=1S/C9H13.3C4H10N.Zr/c1-6-5-7(2)9(4)8(6)3;3*1-3-5-4-2;/h5H,1-4H3;3*3-4H2,1-2H3;/q4*-1;+4. The van der Waals surface area contributed by atoms with Gasteiger partial charge in [0.25, 0.3) is 0 Å². The Bertz CT molecular complexity index is 306. The first-order chi connectivity index (χ1) is 11.4. The minimum Gasteiger partial charge on any atom is -0.663 e. The maximum Gasteiger partial charge on any atom is 4.00 e. The smallest absolute Gasteiger partial charge is 0.663 e. The van der Waals surface area contributed by atoms with Gasteiger partial charge in [0.2, 0.25) is 0 Å². The second kappa shape index (κ2) is 26.3. The summed E-state index contributed by atoms with van der Waals surface area (Å²) in [6.45, 7) is 26.8. The van der Waals surface area contributed by atoms with Gasteiger partial charge in [-0.05, 0) is 0 Å². The van der Waals surface area contributed by atoms with Gasteiger partial charge in [-0.1, -0.05) is 69.2 Å². The molecule has 1 rings (SSSR count). The maximum atomic E-state index is 3.97. The Morgan fingerprint density at radius 2 is 0.960 bits per heavy atom. The molecule has 0 aliphatic rings. The summed E-state index contributed by atoms with van der Waals surface area (Å²) in [5.74, 6) is 0. The van der Waals surface area contributed by atoms with Gasteiger partial charge in [0.1, 0.15) is 0 Å². The largest absolute Gasteiger partial charge is 4.00 e. The molecule has 0 aliphatic heterocycles. The molecule has 0 radical (unpaired) electrons. The van der Waals surface area contributed by atoms with E-state index in [4.69, 9.17) is 0 Å². The zero-order chi connectivity index (χ0) is 19.4. The molecular formula is C21H43N3Zr. The van der Waals surface area contributed by atoms with E-state index in [-0.39, 0.29) is 26.2 Å². The first kappa shape index (κ1) is 32.8. The van der Waals surface area contributed by atoms with Crippen molar-refractivity contribution < 1.29 is 26.2 Å². The van der Waals surface area contributed by atoms with E-state index in [1.54, 1.807) is 0 Å². The average molecular weight is 429 g/mol. The number of hydrogen-bond acceptors (Lipinski definition) is 0.